The maximum absolute atomic E-state index is 11.4. The number of carbonyl (C=O) groups excluding carboxylic acids is 1. The number of anilines is 3. The third kappa shape index (κ3) is 2.17. The van der Waals surface area contributed by atoms with Crippen molar-refractivity contribution in [1.82, 2.24) is 0 Å². The minimum Gasteiger partial charge on any atom is -0.482 e. The van der Waals surface area contributed by atoms with Gasteiger partial charge >= 0.3 is 0 Å². The molecule has 0 aromatic heterocycles. The molecule has 0 atom stereocenters. The molecule has 5 nitrogen and oxygen atoms in total. The van der Waals surface area contributed by atoms with Crippen molar-refractivity contribution in [2.24, 2.45) is 11.8 Å². The standard InChI is InChI=1S/C15H19N3O2/c16-10-5-13-12(17-14(19)7-20-13)6-11(10)18-15(8-1-2-8)9-3-4-9/h5-6,8-9,15,18H,1-4,7,16H2,(H,17,19). The summed E-state index contributed by atoms with van der Waals surface area (Å²) in [6.45, 7) is 0.0615. The number of hydrogen-bond acceptors (Lipinski definition) is 4. The van der Waals surface area contributed by atoms with Crippen molar-refractivity contribution >= 4 is 23.0 Å². The van der Waals surface area contributed by atoms with Gasteiger partial charge in [-0.25, -0.2) is 0 Å². The lowest BCUT2D eigenvalue weighted by Gasteiger charge is -2.24. The molecule has 3 aliphatic rings. The van der Waals surface area contributed by atoms with Crippen LogP contribution >= 0.6 is 0 Å². The molecule has 2 fully saturated rings. The third-order valence-corrected chi connectivity index (χ3v) is 4.37. The molecule has 1 amide bonds. The number of carbonyl (C=O) groups is 1. The number of fused-ring (bicyclic) bond motifs is 1. The lowest BCUT2D eigenvalue weighted by Crippen LogP contribution is -2.27. The first-order valence-electron chi connectivity index (χ1n) is 7.33. The fourth-order valence-corrected chi connectivity index (χ4v) is 2.98. The van der Waals surface area contributed by atoms with Crippen LogP contribution in [0.1, 0.15) is 25.7 Å². The van der Waals surface area contributed by atoms with E-state index in [1.54, 1.807) is 6.07 Å². The van der Waals surface area contributed by atoms with Crippen LogP contribution in [0.2, 0.25) is 0 Å². The molecule has 5 heteroatoms. The van der Waals surface area contributed by atoms with E-state index in [-0.39, 0.29) is 12.5 Å². The van der Waals surface area contributed by atoms with Gasteiger partial charge in [-0.2, -0.15) is 0 Å². The monoisotopic (exact) mass is 273 g/mol. The van der Waals surface area contributed by atoms with Gasteiger partial charge in [-0.1, -0.05) is 0 Å². The zero-order chi connectivity index (χ0) is 13.7. The summed E-state index contributed by atoms with van der Waals surface area (Å²) < 4.78 is 5.38. The predicted molar refractivity (Wildman–Crippen MR) is 77.8 cm³/mol. The lowest BCUT2D eigenvalue weighted by molar-refractivity contribution is -0.118. The van der Waals surface area contributed by atoms with Crippen molar-refractivity contribution in [3.8, 4) is 5.75 Å². The van der Waals surface area contributed by atoms with Crippen molar-refractivity contribution in [3.05, 3.63) is 12.1 Å². The number of benzene rings is 1. The van der Waals surface area contributed by atoms with E-state index in [2.05, 4.69) is 10.6 Å². The highest BCUT2D eigenvalue weighted by molar-refractivity contribution is 5.97. The third-order valence-electron chi connectivity index (χ3n) is 4.37. The van der Waals surface area contributed by atoms with Crippen LogP contribution in [0.5, 0.6) is 5.75 Å². The summed E-state index contributed by atoms with van der Waals surface area (Å²) in [7, 11) is 0. The maximum atomic E-state index is 11.4. The second-order valence-electron chi connectivity index (χ2n) is 6.12. The van der Waals surface area contributed by atoms with Crippen LogP contribution in [-0.2, 0) is 4.79 Å². The minimum absolute atomic E-state index is 0.0615. The number of nitrogens with two attached hydrogens (primary N) is 1. The van der Waals surface area contributed by atoms with E-state index in [4.69, 9.17) is 10.5 Å². The van der Waals surface area contributed by atoms with Crippen LogP contribution < -0.4 is 21.1 Å². The van der Waals surface area contributed by atoms with Gasteiger partial charge in [0, 0.05) is 12.1 Å². The first-order chi connectivity index (χ1) is 9.70. The summed E-state index contributed by atoms with van der Waals surface area (Å²) in [5.41, 5.74) is 8.43. The van der Waals surface area contributed by atoms with E-state index >= 15 is 0 Å². The number of ether oxygens (including phenoxy) is 1. The summed E-state index contributed by atoms with van der Waals surface area (Å²) in [5, 5.41) is 6.44. The molecule has 0 bridgehead atoms. The normalized spacial score (nSPS) is 21.1. The highest BCUT2D eigenvalue weighted by Crippen LogP contribution is 2.47. The van der Waals surface area contributed by atoms with Gasteiger partial charge in [0.2, 0.25) is 0 Å². The maximum Gasteiger partial charge on any atom is 0.262 e. The van der Waals surface area contributed by atoms with Gasteiger partial charge in [-0.05, 0) is 43.6 Å². The Morgan fingerprint density at radius 3 is 2.60 bits per heavy atom. The SMILES string of the molecule is Nc1cc2c(cc1NC(C1CC1)C1CC1)NC(=O)CO2. The Morgan fingerprint density at radius 2 is 1.95 bits per heavy atom. The van der Waals surface area contributed by atoms with E-state index in [1.807, 2.05) is 6.07 Å². The molecule has 2 saturated carbocycles. The predicted octanol–water partition coefficient (Wildman–Crippen LogP) is 2.20. The average Bonchev–Trinajstić information content (AvgIpc) is 3.28. The Bertz CT molecular complexity index is 552. The van der Waals surface area contributed by atoms with Crippen molar-refractivity contribution in [3.63, 3.8) is 0 Å². The van der Waals surface area contributed by atoms with Gasteiger partial charge in [0.1, 0.15) is 5.75 Å². The molecule has 0 radical (unpaired) electrons. The number of nitrogen functional groups attached to an aromatic ring is 1. The lowest BCUT2D eigenvalue weighted by atomic mass is 10.1. The van der Waals surface area contributed by atoms with Crippen LogP contribution in [0.3, 0.4) is 0 Å². The van der Waals surface area contributed by atoms with Gasteiger partial charge < -0.3 is 21.1 Å². The number of amides is 1. The zero-order valence-corrected chi connectivity index (χ0v) is 11.3. The zero-order valence-electron chi connectivity index (χ0n) is 11.3. The summed E-state index contributed by atoms with van der Waals surface area (Å²) in [5.74, 6) is 2.13. The Balaban J connectivity index is 1.60. The Hall–Kier alpha value is -1.91. The fraction of sp³-hybridized carbons (Fsp3) is 0.533. The Kier molecular flexibility index (Phi) is 2.55. The number of nitrogens with one attached hydrogen (secondary N) is 2. The van der Waals surface area contributed by atoms with E-state index < -0.39 is 0 Å². The van der Waals surface area contributed by atoms with Crippen LogP contribution in [-0.4, -0.2) is 18.6 Å². The summed E-state index contributed by atoms with van der Waals surface area (Å²) in [4.78, 5) is 11.4. The molecule has 0 unspecified atom stereocenters. The Morgan fingerprint density at radius 1 is 1.25 bits per heavy atom. The smallest absolute Gasteiger partial charge is 0.262 e. The molecule has 1 aromatic rings. The van der Waals surface area contributed by atoms with Crippen LogP contribution in [0.4, 0.5) is 17.1 Å². The second-order valence-corrected chi connectivity index (χ2v) is 6.12. The van der Waals surface area contributed by atoms with Gasteiger partial charge in [0.05, 0.1) is 17.1 Å². The van der Waals surface area contributed by atoms with Gasteiger partial charge in [-0.3, -0.25) is 4.79 Å². The molecule has 4 N–H and O–H groups in total. The first kappa shape index (κ1) is 11.9. The van der Waals surface area contributed by atoms with Gasteiger partial charge in [-0.15, -0.1) is 0 Å². The van der Waals surface area contributed by atoms with E-state index in [0.717, 1.165) is 17.5 Å². The molecule has 4 rings (SSSR count). The largest absolute Gasteiger partial charge is 0.482 e. The first-order valence-corrected chi connectivity index (χ1v) is 7.33. The molecule has 1 aliphatic heterocycles. The molecule has 106 valence electrons. The molecule has 2 aliphatic carbocycles. The van der Waals surface area contributed by atoms with E-state index in [0.29, 0.717) is 23.2 Å². The molecule has 0 spiro atoms. The number of hydrogen-bond donors (Lipinski definition) is 3. The molecule has 1 heterocycles. The fourth-order valence-electron chi connectivity index (χ4n) is 2.98. The van der Waals surface area contributed by atoms with Crippen molar-refractivity contribution < 1.29 is 9.53 Å². The van der Waals surface area contributed by atoms with Crippen molar-refractivity contribution in [1.29, 1.82) is 0 Å². The van der Waals surface area contributed by atoms with Crippen molar-refractivity contribution in [2.75, 3.05) is 23.0 Å². The highest BCUT2D eigenvalue weighted by atomic mass is 16.5. The average molecular weight is 273 g/mol. The Labute approximate surface area is 117 Å². The summed E-state index contributed by atoms with van der Waals surface area (Å²) >= 11 is 0. The topological polar surface area (TPSA) is 76.4 Å². The van der Waals surface area contributed by atoms with E-state index in [9.17, 15) is 4.79 Å². The van der Waals surface area contributed by atoms with Crippen LogP contribution in [0.25, 0.3) is 0 Å². The molecular weight excluding hydrogens is 254 g/mol. The van der Waals surface area contributed by atoms with Crippen LogP contribution in [0, 0.1) is 11.8 Å². The van der Waals surface area contributed by atoms with Gasteiger partial charge in [0.15, 0.2) is 6.61 Å². The van der Waals surface area contributed by atoms with Crippen LogP contribution in [0.15, 0.2) is 12.1 Å². The molecule has 1 aromatic carbocycles. The highest BCUT2D eigenvalue weighted by Gasteiger charge is 2.41. The second kappa shape index (κ2) is 4.30. The number of rotatable bonds is 4. The minimum atomic E-state index is -0.117. The summed E-state index contributed by atoms with van der Waals surface area (Å²) in [6, 6.07) is 4.24. The van der Waals surface area contributed by atoms with Crippen molar-refractivity contribution in [2.45, 2.75) is 31.7 Å². The quantitative estimate of drug-likeness (QED) is 0.735. The molecular formula is C15H19N3O2. The molecule has 0 saturated heterocycles. The van der Waals surface area contributed by atoms with E-state index in [1.165, 1.54) is 25.7 Å². The van der Waals surface area contributed by atoms with Gasteiger partial charge in [0.25, 0.3) is 5.91 Å². The molecule has 20 heavy (non-hydrogen) atoms. The summed E-state index contributed by atoms with van der Waals surface area (Å²) in [6.07, 6.45) is 5.27.